The highest BCUT2D eigenvalue weighted by atomic mass is 28.3. The van der Waals surface area contributed by atoms with Crippen LogP contribution in [0.3, 0.4) is 0 Å². The number of hydrogen-bond donors (Lipinski definition) is 0. The van der Waals surface area contributed by atoms with Gasteiger partial charge in [-0.05, 0) is 12.5 Å². The molecule has 0 N–H and O–H groups in total. The first kappa shape index (κ1) is 11.8. The molecule has 2 fully saturated rings. The van der Waals surface area contributed by atoms with E-state index in [1.54, 1.807) is 0 Å². The van der Waals surface area contributed by atoms with Crippen molar-refractivity contribution in [3.8, 4) is 0 Å². The molecule has 2 unspecified atom stereocenters. The van der Waals surface area contributed by atoms with E-state index in [4.69, 9.17) is 4.43 Å². The van der Waals surface area contributed by atoms with Crippen molar-refractivity contribution in [1.29, 1.82) is 0 Å². The Kier molecular flexibility index (Phi) is 4.19. The maximum absolute atomic E-state index is 11.2. The summed E-state index contributed by atoms with van der Waals surface area (Å²) in [6, 6.07) is 1.31. The molecule has 1 heterocycles. The third-order valence-electron chi connectivity index (χ3n) is 2.23. The average molecular weight is 224 g/mol. The summed E-state index contributed by atoms with van der Waals surface area (Å²) < 4.78 is 38.9. The van der Waals surface area contributed by atoms with Gasteiger partial charge in [-0.1, -0.05) is 12.1 Å². The van der Waals surface area contributed by atoms with Crippen LogP contribution in [0.5, 0.6) is 0 Å². The molecule has 2 rings (SSSR count). The minimum atomic E-state index is -2.96. The molecule has 1 nitrogen and oxygen atoms in total. The smallest absolute Gasteiger partial charge is 0.281 e. The summed E-state index contributed by atoms with van der Waals surface area (Å²) >= 11 is 0. The Morgan fingerprint density at radius 2 is 2.00 bits per heavy atom. The first-order chi connectivity index (χ1) is 6.56. The second kappa shape index (κ2) is 4.98. The Morgan fingerprint density at radius 3 is 2.21 bits per heavy atom. The van der Waals surface area contributed by atoms with Gasteiger partial charge in [0.15, 0.2) is 6.17 Å². The maximum atomic E-state index is 11.2. The van der Waals surface area contributed by atoms with Crippen LogP contribution in [0.25, 0.3) is 0 Å². The maximum Gasteiger partial charge on any atom is 0.281 e. The minimum absolute atomic E-state index is 0.562. The number of rotatable bonds is 1. The zero-order valence-electron chi connectivity index (χ0n) is 8.02. The average Bonchev–Trinajstić information content (AvgIpc) is 2.74. The Morgan fingerprint density at radius 1 is 1.43 bits per heavy atom. The summed E-state index contributed by atoms with van der Waals surface area (Å²) in [6.07, 6.45) is 0.227. The van der Waals surface area contributed by atoms with Gasteiger partial charge in [-0.25, -0.2) is 13.2 Å². The van der Waals surface area contributed by atoms with Gasteiger partial charge >= 0.3 is 0 Å². The molecule has 2 atom stereocenters. The number of alkyl halides is 3. The molecule has 0 spiro atoms. The Balaban J connectivity index is 0.000000146. The predicted octanol–water partition coefficient (Wildman–Crippen LogP) is 2.61. The molecular formula is C9H15F3OSi. The minimum Gasteiger partial charge on any atom is -0.416 e. The number of hydrogen-bond acceptors (Lipinski definition) is 1. The van der Waals surface area contributed by atoms with Crippen LogP contribution in [0.1, 0.15) is 19.3 Å². The van der Waals surface area contributed by atoms with Crippen LogP contribution in [0.2, 0.25) is 6.04 Å². The van der Waals surface area contributed by atoms with Gasteiger partial charge in [-0.3, -0.25) is 0 Å². The van der Waals surface area contributed by atoms with E-state index >= 15 is 0 Å². The fourth-order valence-corrected chi connectivity index (χ4v) is 2.83. The zero-order valence-corrected chi connectivity index (χ0v) is 9.17. The largest absolute Gasteiger partial charge is 0.416 e. The second-order valence-electron chi connectivity index (χ2n) is 3.57. The van der Waals surface area contributed by atoms with Crippen molar-refractivity contribution in [2.24, 2.45) is 0 Å². The SMILES string of the molecule is C=C[SiH]1CCCCO1.FC1CC1(F)F. The summed E-state index contributed by atoms with van der Waals surface area (Å²) in [7, 11) is -0.841. The van der Waals surface area contributed by atoms with E-state index in [0.717, 1.165) is 6.61 Å². The monoisotopic (exact) mass is 224 g/mol. The quantitative estimate of drug-likeness (QED) is 0.622. The molecule has 14 heavy (non-hydrogen) atoms. The molecular weight excluding hydrogens is 209 g/mol. The zero-order chi connectivity index (χ0) is 10.6. The third kappa shape index (κ3) is 3.83. The molecule has 0 aromatic rings. The highest BCUT2D eigenvalue weighted by Crippen LogP contribution is 2.44. The van der Waals surface area contributed by atoms with E-state index in [0.29, 0.717) is 0 Å². The lowest BCUT2D eigenvalue weighted by molar-refractivity contribution is 0.0870. The molecule has 1 aliphatic heterocycles. The molecule has 82 valence electrons. The van der Waals surface area contributed by atoms with Gasteiger partial charge in [-0.2, -0.15) is 0 Å². The van der Waals surface area contributed by atoms with E-state index in [1.165, 1.54) is 18.9 Å². The first-order valence-corrected chi connectivity index (χ1v) is 6.78. The van der Waals surface area contributed by atoms with E-state index in [2.05, 4.69) is 6.58 Å². The van der Waals surface area contributed by atoms with Crippen LogP contribution < -0.4 is 0 Å². The predicted molar refractivity (Wildman–Crippen MR) is 51.8 cm³/mol. The van der Waals surface area contributed by atoms with Crippen molar-refractivity contribution in [1.82, 2.24) is 0 Å². The van der Waals surface area contributed by atoms with Gasteiger partial charge in [0.2, 0.25) is 9.04 Å². The van der Waals surface area contributed by atoms with E-state index in [-0.39, 0.29) is 0 Å². The highest BCUT2D eigenvalue weighted by Gasteiger charge is 2.58. The van der Waals surface area contributed by atoms with Crippen LogP contribution >= 0.6 is 0 Å². The second-order valence-corrected chi connectivity index (χ2v) is 6.03. The molecule has 2 aliphatic rings. The first-order valence-electron chi connectivity index (χ1n) is 4.82. The van der Waals surface area contributed by atoms with Gasteiger partial charge in [-0.15, -0.1) is 6.58 Å². The normalized spacial score (nSPS) is 33.9. The lowest BCUT2D eigenvalue weighted by atomic mass is 10.4. The summed E-state index contributed by atoms with van der Waals surface area (Å²) in [5.41, 5.74) is 2.03. The van der Waals surface area contributed by atoms with E-state index in [1.807, 2.05) is 5.70 Å². The lowest BCUT2D eigenvalue weighted by Gasteiger charge is -2.16. The van der Waals surface area contributed by atoms with Crippen LogP contribution in [0.4, 0.5) is 13.2 Å². The molecule has 0 bridgehead atoms. The summed E-state index contributed by atoms with van der Waals surface area (Å²) in [4.78, 5) is 0. The fourth-order valence-electron chi connectivity index (χ4n) is 1.13. The van der Waals surface area contributed by atoms with Gasteiger partial charge in [0.25, 0.3) is 5.92 Å². The third-order valence-corrected chi connectivity index (χ3v) is 4.39. The molecule has 1 saturated carbocycles. The van der Waals surface area contributed by atoms with E-state index in [9.17, 15) is 13.2 Å². The highest BCUT2D eigenvalue weighted by molar-refractivity contribution is 6.57. The van der Waals surface area contributed by atoms with Crippen LogP contribution in [-0.4, -0.2) is 27.7 Å². The Bertz CT molecular complexity index is 192. The molecule has 0 radical (unpaired) electrons. The fraction of sp³-hybridized carbons (Fsp3) is 0.778. The molecule has 0 amide bonds. The molecule has 0 aromatic heterocycles. The van der Waals surface area contributed by atoms with Crippen molar-refractivity contribution in [3.05, 3.63) is 12.3 Å². The van der Waals surface area contributed by atoms with Crippen molar-refractivity contribution in [2.75, 3.05) is 6.61 Å². The van der Waals surface area contributed by atoms with Crippen LogP contribution in [0, 0.1) is 0 Å². The molecule has 0 aromatic carbocycles. The van der Waals surface area contributed by atoms with Crippen LogP contribution in [-0.2, 0) is 4.43 Å². The van der Waals surface area contributed by atoms with Gasteiger partial charge in [0.05, 0.1) is 6.42 Å². The topological polar surface area (TPSA) is 9.23 Å². The van der Waals surface area contributed by atoms with Crippen molar-refractivity contribution >= 4 is 9.04 Å². The van der Waals surface area contributed by atoms with Crippen molar-refractivity contribution in [2.45, 2.75) is 37.4 Å². The number of halogens is 3. The standard InChI is InChI=1S/C6H12OSi.C3H3F3/c1-2-8-6-4-3-5-7-8;4-2-1-3(2,5)6/h2,8H,1,3-6H2;2H,1H2. The van der Waals surface area contributed by atoms with Gasteiger partial charge in [0.1, 0.15) is 0 Å². The van der Waals surface area contributed by atoms with Crippen LogP contribution in [0.15, 0.2) is 12.3 Å². The Labute approximate surface area is 83.7 Å². The molecule has 5 heteroatoms. The van der Waals surface area contributed by atoms with Gasteiger partial charge in [0, 0.05) is 6.61 Å². The summed E-state index contributed by atoms with van der Waals surface area (Å²) in [6.45, 7) is 4.71. The van der Waals surface area contributed by atoms with E-state index < -0.39 is 27.6 Å². The van der Waals surface area contributed by atoms with Crippen molar-refractivity contribution < 1.29 is 17.6 Å². The summed E-state index contributed by atoms with van der Waals surface area (Å²) in [5, 5.41) is 0. The van der Waals surface area contributed by atoms with Gasteiger partial charge < -0.3 is 4.43 Å². The molecule has 1 saturated heterocycles. The van der Waals surface area contributed by atoms with Crippen molar-refractivity contribution in [3.63, 3.8) is 0 Å². The lowest BCUT2D eigenvalue weighted by Crippen LogP contribution is -2.20. The summed E-state index contributed by atoms with van der Waals surface area (Å²) in [5.74, 6) is -2.96. The molecule has 1 aliphatic carbocycles. The Hall–Kier alpha value is -0.293.